The minimum atomic E-state index is -0.673. The van der Waals surface area contributed by atoms with Gasteiger partial charge in [0.2, 0.25) is 0 Å². The number of rotatable bonds is 2. The first-order valence-corrected chi connectivity index (χ1v) is 5.78. The lowest BCUT2D eigenvalue weighted by Crippen LogP contribution is -2.41. The highest BCUT2D eigenvalue weighted by atomic mass is 16.3. The summed E-state index contributed by atoms with van der Waals surface area (Å²) in [7, 11) is 0. The molecule has 0 amide bonds. The van der Waals surface area contributed by atoms with Gasteiger partial charge in [0.15, 0.2) is 0 Å². The molecule has 3 N–H and O–H groups in total. The van der Waals surface area contributed by atoms with E-state index in [0.717, 1.165) is 31.7 Å². The standard InChI is InChI=1S/C12H19N3O/c1-9-2-3-11(14-8-9)15-6-4-10(5-7-15)12(13)16/h2-3,8,10,12,16H,4-7,13H2,1H3. The smallest absolute Gasteiger partial charge is 0.128 e. The summed E-state index contributed by atoms with van der Waals surface area (Å²) in [6.07, 6.45) is 3.09. The Balaban J connectivity index is 1.96. The Hall–Kier alpha value is -1.13. The monoisotopic (exact) mass is 221 g/mol. The zero-order valence-electron chi connectivity index (χ0n) is 9.63. The molecular formula is C12H19N3O. The first kappa shape index (κ1) is 11.4. The SMILES string of the molecule is Cc1ccc(N2CCC(C(N)O)CC2)nc1. The van der Waals surface area contributed by atoms with E-state index in [1.54, 1.807) is 0 Å². The second kappa shape index (κ2) is 4.80. The molecule has 0 saturated carbocycles. The number of anilines is 1. The Kier molecular flexibility index (Phi) is 3.41. The van der Waals surface area contributed by atoms with Crippen LogP contribution in [0.1, 0.15) is 18.4 Å². The van der Waals surface area contributed by atoms with E-state index in [1.807, 2.05) is 13.1 Å². The van der Waals surface area contributed by atoms with Crippen LogP contribution in [-0.2, 0) is 0 Å². The number of hydrogen-bond acceptors (Lipinski definition) is 4. The first-order valence-electron chi connectivity index (χ1n) is 5.78. The molecule has 2 rings (SSSR count). The van der Waals surface area contributed by atoms with Crippen molar-refractivity contribution in [1.29, 1.82) is 0 Å². The lowest BCUT2D eigenvalue weighted by Gasteiger charge is -2.33. The fourth-order valence-electron chi connectivity index (χ4n) is 2.12. The molecule has 4 heteroatoms. The second-order valence-electron chi connectivity index (χ2n) is 4.51. The number of aliphatic hydroxyl groups excluding tert-OH is 1. The fourth-order valence-corrected chi connectivity index (χ4v) is 2.12. The summed E-state index contributed by atoms with van der Waals surface area (Å²) in [5.74, 6) is 1.26. The van der Waals surface area contributed by atoms with Crippen LogP contribution in [0.2, 0.25) is 0 Å². The van der Waals surface area contributed by atoms with Gasteiger partial charge in [0.05, 0.1) is 0 Å². The van der Waals surface area contributed by atoms with Crippen LogP contribution in [0.4, 0.5) is 5.82 Å². The minimum Gasteiger partial charge on any atom is -0.379 e. The van der Waals surface area contributed by atoms with Crippen molar-refractivity contribution in [2.45, 2.75) is 26.0 Å². The van der Waals surface area contributed by atoms with E-state index >= 15 is 0 Å². The van der Waals surface area contributed by atoms with Crippen molar-refractivity contribution >= 4 is 5.82 Å². The predicted molar refractivity (Wildman–Crippen MR) is 64.1 cm³/mol. The summed E-state index contributed by atoms with van der Waals surface area (Å²) in [6.45, 7) is 3.89. The molecule has 1 unspecified atom stereocenters. The largest absolute Gasteiger partial charge is 0.379 e. The molecule has 4 nitrogen and oxygen atoms in total. The molecule has 0 aromatic carbocycles. The van der Waals surface area contributed by atoms with Gasteiger partial charge in [-0.25, -0.2) is 4.98 Å². The van der Waals surface area contributed by atoms with E-state index in [-0.39, 0.29) is 5.92 Å². The van der Waals surface area contributed by atoms with Crippen molar-refractivity contribution < 1.29 is 5.11 Å². The van der Waals surface area contributed by atoms with E-state index in [4.69, 9.17) is 5.73 Å². The van der Waals surface area contributed by atoms with Gasteiger partial charge in [-0.3, -0.25) is 0 Å². The van der Waals surface area contributed by atoms with Crippen LogP contribution in [0.3, 0.4) is 0 Å². The van der Waals surface area contributed by atoms with E-state index in [0.29, 0.717) is 0 Å². The van der Waals surface area contributed by atoms with Crippen LogP contribution in [-0.4, -0.2) is 29.4 Å². The van der Waals surface area contributed by atoms with Gasteiger partial charge in [-0.05, 0) is 31.4 Å². The molecule has 0 aliphatic carbocycles. The molecule has 0 spiro atoms. The average molecular weight is 221 g/mol. The van der Waals surface area contributed by atoms with E-state index in [9.17, 15) is 5.11 Å². The summed E-state index contributed by atoms with van der Waals surface area (Å²) in [4.78, 5) is 6.65. The Morgan fingerprint density at radius 2 is 2.12 bits per heavy atom. The van der Waals surface area contributed by atoms with Crippen molar-refractivity contribution in [2.24, 2.45) is 11.7 Å². The Labute approximate surface area is 96.1 Å². The molecule has 16 heavy (non-hydrogen) atoms. The Morgan fingerprint density at radius 3 is 2.62 bits per heavy atom. The lowest BCUT2D eigenvalue weighted by molar-refractivity contribution is 0.0987. The zero-order valence-corrected chi connectivity index (χ0v) is 9.63. The van der Waals surface area contributed by atoms with Crippen LogP contribution in [0, 0.1) is 12.8 Å². The maximum Gasteiger partial charge on any atom is 0.128 e. The lowest BCUT2D eigenvalue weighted by atomic mass is 9.95. The molecule has 88 valence electrons. The number of aryl methyl sites for hydroxylation is 1. The van der Waals surface area contributed by atoms with E-state index < -0.39 is 6.23 Å². The third-order valence-corrected chi connectivity index (χ3v) is 3.24. The van der Waals surface area contributed by atoms with Crippen LogP contribution < -0.4 is 10.6 Å². The predicted octanol–water partition coefficient (Wildman–Crippen LogP) is 0.884. The average Bonchev–Trinajstić information content (AvgIpc) is 2.30. The molecule has 2 heterocycles. The van der Waals surface area contributed by atoms with Gasteiger partial charge >= 0.3 is 0 Å². The summed E-state index contributed by atoms with van der Waals surface area (Å²) >= 11 is 0. The van der Waals surface area contributed by atoms with Crippen molar-refractivity contribution in [1.82, 2.24) is 4.98 Å². The van der Waals surface area contributed by atoms with Crippen molar-refractivity contribution in [2.75, 3.05) is 18.0 Å². The number of aromatic nitrogens is 1. The molecule has 0 radical (unpaired) electrons. The number of aliphatic hydroxyl groups is 1. The van der Waals surface area contributed by atoms with E-state index in [1.165, 1.54) is 5.56 Å². The maximum absolute atomic E-state index is 9.31. The van der Waals surface area contributed by atoms with Gasteiger partial charge in [0.25, 0.3) is 0 Å². The Bertz CT molecular complexity index is 329. The van der Waals surface area contributed by atoms with Crippen molar-refractivity contribution in [3.8, 4) is 0 Å². The molecule has 1 saturated heterocycles. The third-order valence-electron chi connectivity index (χ3n) is 3.24. The van der Waals surface area contributed by atoms with Gasteiger partial charge < -0.3 is 15.7 Å². The summed E-state index contributed by atoms with van der Waals surface area (Å²) in [6, 6.07) is 4.13. The second-order valence-corrected chi connectivity index (χ2v) is 4.51. The number of nitrogens with zero attached hydrogens (tertiary/aromatic N) is 2. The number of nitrogens with two attached hydrogens (primary N) is 1. The van der Waals surface area contributed by atoms with Gasteiger partial charge in [-0.1, -0.05) is 6.07 Å². The quantitative estimate of drug-likeness (QED) is 0.728. The van der Waals surface area contributed by atoms with Crippen LogP contribution in [0.15, 0.2) is 18.3 Å². The molecule has 1 aromatic heterocycles. The summed E-state index contributed by atoms with van der Waals surface area (Å²) in [5.41, 5.74) is 6.67. The van der Waals surface area contributed by atoms with Crippen molar-refractivity contribution in [3.63, 3.8) is 0 Å². The number of pyridine rings is 1. The highest BCUT2D eigenvalue weighted by Crippen LogP contribution is 2.22. The van der Waals surface area contributed by atoms with Crippen LogP contribution in [0.5, 0.6) is 0 Å². The number of hydrogen-bond donors (Lipinski definition) is 2. The van der Waals surface area contributed by atoms with Gasteiger partial charge in [-0.2, -0.15) is 0 Å². The molecule has 1 aromatic rings. The van der Waals surface area contributed by atoms with Crippen LogP contribution in [0.25, 0.3) is 0 Å². The topological polar surface area (TPSA) is 62.4 Å². The normalized spacial score (nSPS) is 19.8. The molecular weight excluding hydrogens is 202 g/mol. The maximum atomic E-state index is 9.31. The highest BCUT2D eigenvalue weighted by Gasteiger charge is 2.23. The Morgan fingerprint density at radius 1 is 1.44 bits per heavy atom. The molecule has 1 atom stereocenters. The third kappa shape index (κ3) is 2.51. The summed E-state index contributed by atoms with van der Waals surface area (Å²) < 4.78 is 0. The van der Waals surface area contributed by atoms with Crippen molar-refractivity contribution in [3.05, 3.63) is 23.9 Å². The van der Waals surface area contributed by atoms with Gasteiger partial charge in [0.1, 0.15) is 12.0 Å². The molecule has 1 aliphatic rings. The van der Waals surface area contributed by atoms with Crippen LogP contribution >= 0.6 is 0 Å². The minimum absolute atomic E-state index is 0.238. The number of piperidine rings is 1. The molecule has 0 bridgehead atoms. The zero-order chi connectivity index (χ0) is 11.5. The van der Waals surface area contributed by atoms with Gasteiger partial charge in [0, 0.05) is 25.2 Å². The molecule has 1 aliphatic heterocycles. The van der Waals surface area contributed by atoms with Gasteiger partial charge in [-0.15, -0.1) is 0 Å². The fraction of sp³-hybridized carbons (Fsp3) is 0.583. The highest BCUT2D eigenvalue weighted by molar-refractivity contribution is 5.39. The van der Waals surface area contributed by atoms with E-state index in [2.05, 4.69) is 22.0 Å². The molecule has 1 fully saturated rings. The first-order chi connectivity index (χ1) is 7.66. The summed E-state index contributed by atoms with van der Waals surface area (Å²) in [5, 5.41) is 9.31.